The average Bonchev–Trinajstić information content (AvgIpc) is 2.52. The van der Waals surface area contributed by atoms with Gasteiger partial charge in [0.05, 0.1) is 0 Å². The Labute approximate surface area is 80.0 Å². The number of hydrogen-bond acceptors (Lipinski definition) is 2. The van der Waals surface area contributed by atoms with E-state index >= 15 is 0 Å². The molecule has 0 aliphatic carbocycles. The van der Waals surface area contributed by atoms with Gasteiger partial charge in [-0.3, -0.25) is 4.79 Å². The third-order valence-electron chi connectivity index (χ3n) is 2.12. The van der Waals surface area contributed by atoms with E-state index < -0.39 is 18.6 Å². The molecule has 0 saturated carbocycles. The summed E-state index contributed by atoms with van der Waals surface area (Å²) in [6, 6.07) is 0. The summed E-state index contributed by atoms with van der Waals surface area (Å²) in [7, 11) is 0. The second kappa shape index (κ2) is 4.63. The molecule has 0 radical (unpaired) electrons. The Balaban J connectivity index is 2.15. The van der Waals surface area contributed by atoms with Gasteiger partial charge < -0.3 is 10.6 Å². The number of halogens is 3. The molecule has 0 bridgehead atoms. The Morgan fingerprint density at radius 2 is 2.21 bits per heavy atom. The van der Waals surface area contributed by atoms with E-state index in [1.807, 2.05) is 5.32 Å². The van der Waals surface area contributed by atoms with E-state index in [4.69, 9.17) is 0 Å². The van der Waals surface area contributed by atoms with Crippen LogP contribution in [0.1, 0.15) is 12.8 Å². The van der Waals surface area contributed by atoms with E-state index in [0.717, 1.165) is 19.5 Å². The van der Waals surface area contributed by atoms with Gasteiger partial charge in [-0.2, -0.15) is 13.2 Å². The normalized spacial score (nSPS) is 22.4. The Morgan fingerprint density at radius 1 is 1.50 bits per heavy atom. The van der Waals surface area contributed by atoms with Gasteiger partial charge in [0, 0.05) is 6.42 Å². The number of carbonyl (C=O) groups is 1. The van der Waals surface area contributed by atoms with Crippen LogP contribution in [0.15, 0.2) is 0 Å². The first kappa shape index (κ1) is 11.3. The smallest absolute Gasteiger partial charge is 0.347 e. The minimum absolute atomic E-state index is 0.184. The molecule has 1 amide bonds. The Morgan fingerprint density at radius 3 is 2.71 bits per heavy atom. The van der Waals surface area contributed by atoms with Crippen molar-refractivity contribution in [2.75, 3.05) is 19.6 Å². The van der Waals surface area contributed by atoms with Crippen molar-refractivity contribution in [1.82, 2.24) is 10.6 Å². The molecular formula is C8H13F3N2O. The van der Waals surface area contributed by atoms with Crippen LogP contribution in [0.2, 0.25) is 0 Å². The maximum atomic E-state index is 11.7. The van der Waals surface area contributed by atoms with E-state index in [0.29, 0.717) is 0 Å². The van der Waals surface area contributed by atoms with E-state index in [1.165, 1.54) is 0 Å². The van der Waals surface area contributed by atoms with Crippen molar-refractivity contribution in [3.05, 3.63) is 0 Å². The van der Waals surface area contributed by atoms with Crippen LogP contribution in [0.25, 0.3) is 0 Å². The highest BCUT2D eigenvalue weighted by Gasteiger charge is 2.28. The lowest BCUT2D eigenvalue weighted by atomic mass is 10.0. The summed E-state index contributed by atoms with van der Waals surface area (Å²) in [6.07, 6.45) is -3.27. The van der Waals surface area contributed by atoms with Crippen molar-refractivity contribution in [3.63, 3.8) is 0 Å². The zero-order valence-corrected chi connectivity index (χ0v) is 7.66. The molecule has 1 saturated heterocycles. The monoisotopic (exact) mass is 210 g/mol. The lowest BCUT2D eigenvalue weighted by Crippen LogP contribution is -2.34. The highest BCUT2D eigenvalue weighted by atomic mass is 19.4. The van der Waals surface area contributed by atoms with Gasteiger partial charge in [0.2, 0.25) is 5.91 Å². The predicted octanol–water partition coefficient (Wildman–Crippen LogP) is 0.664. The van der Waals surface area contributed by atoms with Crippen LogP contribution in [0.3, 0.4) is 0 Å². The number of carbonyl (C=O) groups excluding carboxylic acids is 1. The van der Waals surface area contributed by atoms with Gasteiger partial charge in [-0.05, 0) is 25.4 Å². The molecule has 2 N–H and O–H groups in total. The van der Waals surface area contributed by atoms with Crippen LogP contribution >= 0.6 is 0 Å². The molecule has 1 fully saturated rings. The molecule has 1 atom stereocenters. The largest absolute Gasteiger partial charge is 0.405 e. The number of hydrogen-bond donors (Lipinski definition) is 2. The summed E-state index contributed by atoms with van der Waals surface area (Å²) in [5, 5.41) is 4.91. The molecule has 0 aromatic carbocycles. The van der Waals surface area contributed by atoms with Crippen LogP contribution < -0.4 is 10.6 Å². The van der Waals surface area contributed by atoms with Crippen molar-refractivity contribution in [2.24, 2.45) is 5.92 Å². The summed E-state index contributed by atoms with van der Waals surface area (Å²) < 4.78 is 35.1. The minimum atomic E-state index is -4.32. The van der Waals surface area contributed by atoms with Crippen molar-refractivity contribution >= 4 is 5.91 Å². The molecule has 1 rings (SSSR count). The molecular weight excluding hydrogens is 197 g/mol. The summed E-state index contributed by atoms with van der Waals surface area (Å²) in [6.45, 7) is 0.336. The van der Waals surface area contributed by atoms with E-state index in [1.54, 1.807) is 0 Å². The van der Waals surface area contributed by atoms with Crippen molar-refractivity contribution in [3.8, 4) is 0 Å². The molecule has 3 nitrogen and oxygen atoms in total. The number of rotatable bonds is 3. The van der Waals surface area contributed by atoms with E-state index in [-0.39, 0.29) is 12.3 Å². The Hall–Kier alpha value is -0.780. The Kier molecular flexibility index (Phi) is 3.74. The van der Waals surface area contributed by atoms with Crippen molar-refractivity contribution < 1.29 is 18.0 Å². The van der Waals surface area contributed by atoms with Crippen LogP contribution in [-0.2, 0) is 4.79 Å². The van der Waals surface area contributed by atoms with Crippen LogP contribution in [-0.4, -0.2) is 31.7 Å². The molecule has 6 heteroatoms. The third kappa shape index (κ3) is 4.45. The highest BCUT2D eigenvalue weighted by molar-refractivity contribution is 5.76. The van der Waals surface area contributed by atoms with Gasteiger partial charge >= 0.3 is 6.18 Å². The lowest BCUT2D eigenvalue weighted by molar-refractivity contribution is -0.138. The van der Waals surface area contributed by atoms with Crippen LogP contribution in [0.4, 0.5) is 13.2 Å². The molecule has 0 aromatic rings. The molecule has 1 unspecified atom stereocenters. The van der Waals surface area contributed by atoms with Gasteiger partial charge in [-0.1, -0.05) is 0 Å². The molecule has 1 aliphatic heterocycles. The molecule has 1 aliphatic rings. The molecule has 1 heterocycles. The predicted molar refractivity (Wildman–Crippen MR) is 44.7 cm³/mol. The topological polar surface area (TPSA) is 41.1 Å². The van der Waals surface area contributed by atoms with Crippen molar-refractivity contribution in [2.45, 2.75) is 19.0 Å². The third-order valence-corrected chi connectivity index (χ3v) is 2.12. The SMILES string of the molecule is O=C(CC1CCNC1)NCC(F)(F)F. The number of alkyl halides is 3. The van der Waals surface area contributed by atoms with Crippen LogP contribution in [0, 0.1) is 5.92 Å². The van der Waals surface area contributed by atoms with E-state index in [9.17, 15) is 18.0 Å². The highest BCUT2D eigenvalue weighted by Crippen LogP contribution is 2.14. The first-order chi connectivity index (χ1) is 6.47. The molecule has 82 valence electrons. The summed E-state index contributed by atoms with van der Waals surface area (Å²) in [5.41, 5.74) is 0. The molecule has 0 aromatic heterocycles. The first-order valence-electron chi connectivity index (χ1n) is 4.51. The number of amides is 1. The zero-order chi connectivity index (χ0) is 10.6. The second-order valence-corrected chi connectivity index (χ2v) is 3.45. The second-order valence-electron chi connectivity index (χ2n) is 3.45. The maximum absolute atomic E-state index is 11.7. The maximum Gasteiger partial charge on any atom is 0.405 e. The molecule has 14 heavy (non-hydrogen) atoms. The fourth-order valence-corrected chi connectivity index (χ4v) is 1.42. The summed E-state index contributed by atoms with van der Waals surface area (Å²) in [4.78, 5) is 11.0. The van der Waals surface area contributed by atoms with Gasteiger partial charge in [0.15, 0.2) is 0 Å². The van der Waals surface area contributed by atoms with Gasteiger partial charge in [-0.25, -0.2) is 0 Å². The quantitative estimate of drug-likeness (QED) is 0.718. The molecule has 0 spiro atoms. The Bertz CT molecular complexity index is 199. The van der Waals surface area contributed by atoms with Gasteiger partial charge in [0.25, 0.3) is 0 Å². The minimum Gasteiger partial charge on any atom is -0.347 e. The summed E-state index contributed by atoms with van der Waals surface area (Å²) in [5.74, 6) is -0.334. The standard InChI is InChI=1S/C8H13F3N2O/c9-8(10,11)5-13-7(14)3-6-1-2-12-4-6/h6,12H,1-5H2,(H,13,14). The fraction of sp³-hybridized carbons (Fsp3) is 0.875. The van der Waals surface area contributed by atoms with Gasteiger partial charge in [0.1, 0.15) is 6.54 Å². The fourth-order valence-electron chi connectivity index (χ4n) is 1.42. The zero-order valence-electron chi connectivity index (χ0n) is 7.66. The average molecular weight is 210 g/mol. The number of nitrogens with one attached hydrogen (secondary N) is 2. The van der Waals surface area contributed by atoms with Gasteiger partial charge in [-0.15, -0.1) is 0 Å². The lowest BCUT2D eigenvalue weighted by Gasteiger charge is -2.10. The first-order valence-corrected chi connectivity index (χ1v) is 4.51. The van der Waals surface area contributed by atoms with Crippen molar-refractivity contribution in [1.29, 1.82) is 0 Å². The van der Waals surface area contributed by atoms with E-state index in [2.05, 4.69) is 5.32 Å². The summed E-state index contributed by atoms with van der Waals surface area (Å²) >= 11 is 0. The van der Waals surface area contributed by atoms with Crippen LogP contribution in [0.5, 0.6) is 0 Å².